The Morgan fingerprint density at radius 1 is 1.44 bits per heavy atom. The molecule has 0 saturated heterocycles. The molecule has 16 heavy (non-hydrogen) atoms. The van der Waals surface area contributed by atoms with Crippen molar-refractivity contribution < 1.29 is 14.3 Å². The molecule has 1 saturated carbocycles. The summed E-state index contributed by atoms with van der Waals surface area (Å²) in [7, 11) is 0. The first kappa shape index (κ1) is 11.4. The van der Waals surface area contributed by atoms with Gasteiger partial charge >= 0.3 is 5.97 Å². The smallest absolute Gasteiger partial charge is 0.309 e. The average Bonchev–Trinajstić information content (AvgIpc) is 2.15. The van der Waals surface area contributed by atoms with Gasteiger partial charge in [0.15, 0.2) is 0 Å². The molecule has 3 nitrogen and oxygen atoms in total. The van der Waals surface area contributed by atoms with Crippen molar-refractivity contribution in [2.45, 2.75) is 39.0 Å². The van der Waals surface area contributed by atoms with E-state index in [-0.39, 0.29) is 5.97 Å². The maximum atomic E-state index is 11.4. The lowest BCUT2D eigenvalue weighted by Crippen LogP contribution is -2.26. The van der Waals surface area contributed by atoms with E-state index in [9.17, 15) is 9.59 Å². The summed E-state index contributed by atoms with van der Waals surface area (Å²) in [5, 5.41) is 0. The van der Waals surface area contributed by atoms with Crippen LogP contribution in [0.25, 0.3) is 0 Å². The Morgan fingerprint density at radius 3 is 2.94 bits per heavy atom. The molecular weight excluding hydrogens is 204 g/mol. The number of esters is 1. The van der Waals surface area contributed by atoms with Gasteiger partial charge in [0.25, 0.3) is 0 Å². The first-order valence-corrected chi connectivity index (χ1v) is 6.04. The molecule has 0 aromatic carbocycles. The molecule has 0 aromatic rings. The third kappa shape index (κ3) is 2.71. The number of fused-ring (bicyclic) bond motifs is 2. The van der Waals surface area contributed by atoms with Gasteiger partial charge in [0.1, 0.15) is 5.78 Å². The summed E-state index contributed by atoms with van der Waals surface area (Å²) in [5.74, 6) is 1.10. The lowest BCUT2D eigenvalue weighted by atomic mass is 9.72. The van der Waals surface area contributed by atoms with Crippen LogP contribution in [-0.2, 0) is 14.3 Å². The van der Waals surface area contributed by atoms with Crippen LogP contribution in [0.2, 0.25) is 0 Å². The number of allylic oxidation sites excluding steroid dienone is 1. The second-order valence-corrected chi connectivity index (χ2v) is 4.82. The van der Waals surface area contributed by atoms with E-state index in [1.165, 1.54) is 5.57 Å². The molecule has 2 aliphatic rings. The highest BCUT2D eigenvalue weighted by atomic mass is 16.5. The topological polar surface area (TPSA) is 43.4 Å². The van der Waals surface area contributed by atoms with Crippen molar-refractivity contribution in [2.24, 2.45) is 11.8 Å². The monoisotopic (exact) mass is 222 g/mol. The molecule has 0 radical (unpaired) electrons. The molecule has 0 amide bonds. The highest BCUT2D eigenvalue weighted by Gasteiger charge is 2.31. The van der Waals surface area contributed by atoms with Crippen molar-refractivity contribution in [2.75, 3.05) is 6.61 Å². The Labute approximate surface area is 95.9 Å². The third-order valence-electron chi connectivity index (χ3n) is 3.34. The summed E-state index contributed by atoms with van der Waals surface area (Å²) in [4.78, 5) is 22.8. The van der Waals surface area contributed by atoms with Crippen molar-refractivity contribution in [1.82, 2.24) is 0 Å². The van der Waals surface area contributed by atoms with E-state index in [0.29, 0.717) is 43.5 Å². The quantitative estimate of drug-likeness (QED) is 0.543. The SMILES string of the molecule is CCOC(=O)CC1=CC2CC(=O)CC(C1)C2. The van der Waals surface area contributed by atoms with E-state index in [0.717, 1.165) is 12.8 Å². The number of Topliss-reactive ketones (excluding diaryl/α,β-unsaturated/α-hetero) is 1. The fourth-order valence-corrected chi connectivity index (χ4v) is 2.88. The normalized spacial score (nSPS) is 28.6. The van der Waals surface area contributed by atoms with E-state index < -0.39 is 0 Å². The highest BCUT2D eigenvalue weighted by Crippen LogP contribution is 2.38. The molecule has 0 heterocycles. The fraction of sp³-hybridized carbons (Fsp3) is 0.692. The van der Waals surface area contributed by atoms with Crippen LogP contribution in [0, 0.1) is 11.8 Å². The Kier molecular flexibility index (Phi) is 3.42. The van der Waals surface area contributed by atoms with E-state index in [1.54, 1.807) is 0 Å². The van der Waals surface area contributed by atoms with E-state index >= 15 is 0 Å². The molecule has 2 bridgehead atoms. The standard InChI is InChI=1S/C13H18O3/c1-2-16-13(15)8-11-4-9-3-10(5-11)7-12(14)6-9/h4,9-10H,2-3,5-8H2,1H3. The Bertz CT molecular complexity index is 330. The second kappa shape index (κ2) is 4.81. The Balaban J connectivity index is 1.96. The lowest BCUT2D eigenvalue weighted by Gasteiger charge is -2.32. The molecule has 0 aromatic heterocycles. The van der Waals surface area contributed by atoms with E-state index in [1.807, 2.05) is 6.92 Å². The second-order valence-electron chi connectivity index (χ2n) is 4.82. The molecule has 2 unspecified atom stereocenters. The molecule has 0 aliphatic heterocycles. The van der Waals surface area contributed by atoms with Gasteiger partial charge in [0.2, 0.25) is 0 Å². The number of rotatable bonds is 3. The number of ether oxygens (including phenoxy) is 1. The summed E-state index contributed by atoms with van der Waals surface area (Å²) in [6.07, 6.45) is 5.94. The molecule has 88 valence electrons. The number of ketones is 1. The average molecular weight is 222 g/mol. The zero-order valence-corrected chi connectivity index (χ0v) is 9.70. The van der Waals surface area contributed by atoms with Crippen molar-refractivity contribution in [3.8, 4) is 0 Å². The zero-order chi connectivity index (χ0) is 11.5. The lowest BCUT2D eigenvalue weighted by molar-refractivity contribution is -0.142. The Morgan fingerprint density at radius 2 is 2.25 bits per heavy atom. The van der Waals surface area contributed by atoms with Gasteiger partial charge in [-0.05, 0) is 31.6 Å². The molecule has 3 heteroatoms. The van der Waals surface area contributed by atoms with Crippen molar-refractivity contribution in [1.29, 1.82) is 0 Å². The summed E-state index contributed by atoms with van der Waals surface area (Å²) < 4.78 is 4.94. The van der Waals surface area contributed by atoms with Crippen LogP contribution in [0.4, 0.5) is 0 Å². The van der Waals surface area contributed by atoms with E-state index in [2.05, 4.69) is 6.08 Å². The van der Waals surface area contributed by atoms with Gasteiger partial charge in [-0.3, -0.25) is 9.59 Å². The van der Waals surface area contributed by atoms with E-state index in [4.69, 9.17) is 4.74 Å². The van der Waals surface area contributed by atoms with Gasteiger partial charge in [-0.15, -0.1) is 0 Å². The van der Waals surface area contributed by atoms with Crippen molar-refractivity contribution in [3.05, 3.63) is 11.6 Å². The maximum Gasteiger partial charge on any atom is 0.309 e. The summed E-state index contributed by atoms with van der Waals surface area (Å²) >= 11 is 0. The first-order chi connectivity index (χ1) is 7.67. The predicted octanol–water partition coefficient (Wildman–Crippen LogP) is 2.26. The van der Waals surface area contributed by atoms with Crippen LogP contribution >= 0.6 is 0 Å². The minimum atomic E-state index is -0.139. The van der Waals surface area contributed by atoms with Crippen LogP contribution in [0.3, 0.4) is 0 Å². The van der Waals surface area contributed by atoms with Crippen LogP contribution in [-0.4, -0.2) is 18.4 Å². The zero-order valence-electron chi connectivity index (χ0n) is 9.70. The number of hydrogen-bond donors (Lipinski definition) is 0. The highest BCUT2D eigenvalue weighted by molar-refractivity contribution is 5.80. The fourth-order valence-electron chi connectivity index (χ4n) is 2.88. The van der Waals surface area contributed by atoms with Gasteiger partial charge in [-0.2, -0.15) is 0 Å². The molecule has 0 spiro atoms. The first-order valence-electron chi connectivity index (χ1n) is 6.04. The van der Waals surface area contributed by atoms with Gasteiger partial charge < -0.3 is 4.74 Å². The number of hydrogen-bond acceptors (Lipinski definition) is 3. The van der Waals surface area contributed by atoms with Crippen LogP contribution in [0.5, 0.6) is 0 Å². The largest absolute Gasteiger partial charge is 0.466 e. The summed E-state index contributed by atoms with van der Waals surface area (Å²) in [6.45, 7) is 2.26. The molecule has 2 aliphatic carbocycles. The third-order valence-corrected chi connectivity index (χ3v) is 3.34. The molecule has 0 N–H and O–H groups in total. The summed E-state index contributed by atoms with van der Waals surface area (Å²) in [6, 6.07) is 0. The van der Waals surface area contributed by atoms with Crippen LogP contribution < -0.4 is 0 Å². The summed E-state index contributed by atoms with van der Waals surface area (Å²) in [5.41, 5.74) is 1.17. The molecule has 2 rings (SSSR count). The molecule has 1 fully saturated rings. The van der Waals surface area contributed by atoms with Crippen molar-refractivity contribution >= 4 is 11.8 Å². The minimum absolute atomic E-state index is 0.139. The number of carbonyl (C=O) groups excluding carboxylic acids is 2. The van der Waals surface area contributed by atoms with Crippen LogP contribution in [0.1, 0.15) is 39.0 Å². The van der Waals surface area contributed by atoms with Gasteiger partial charge in [-0.1, -0.05) is 11.6 Å². The molecular formula is C13H18O3. The van der Waals surface area contributed by atoms with Crippen LogP contribution in [0.15, 0.2) is 11.6 Å². The Hall–Kier alpha value is -1.12. The van der Waals surface area contributed by atoms with Gasteiger partial charge in [0.05, 0.1) is 13.0 Å². The predicted molar refractivity (Wildman–Crippen MR) is 59.8 cm³/mol. The maximum absolute atomic E-state index is 11.4. The molecule has 2 atom stereocenters. The van der Waals surface area contributed by atoms with Gasteiger partial charge in [0, 0.05) is 12.8 Å². The van der Waals surface area contributed by atoms with Gasteiger partial charge in [-0.25, -0.2) is 0 Å². The minimum Gasteiger partial charge on any atom is -0.466 e. The van der Waals surface area contributed by atoms with Crippen molar-refractivity contribution in [3.63, 3.8) is 0 Å². The number of carbonyl (C=O) groups is 2.